The second kappa shape index (κ2) is 1.15. The predicted octanol–water partition coefficient (Wildman–Crippen LogP) is 0.958. The number of carbonyl (C=O) groups is 1. The third-order valence-corrected chi connectivity index (χ3v) is 2.63. The van der Waals surface area contributed by atoms with Crippen molar-refractivity contribution in [1.82, 2.24) is 0 Å². The fraction of sp³-hybridized carbons (Fsp3) is 0.857. The topological polar surface area (TPSA) is 26.3 Å². The van der Waals surface area contributed by atoms with Crippen molar-refractivity contribution < 1.29 is 9.53 Å². The summed E-state index contributed by atoms with van der Waals surface area (Å²) < 4.78 is 4.99. The molecule has 0 spiro atoms. The fourth-order valence-electron chi connectivity index (χ4n) is 1.70. The smallest absolute Gasteiger partial charge is 0.312 e. The van der Waals surface area contributed by atoms with Gasteiger partial charge < -0.3 is 4.74 Å². The quantitative estimate of drug-likeness (QED) is 0.452. The first-order chi connectivity index (χ1) is 4.14. The van der Waals surface area contributed by atoms with E-state index in [1.54, 1.807) is 0 Å². The molecule has 0 bridgehead atoms. The van der Waals surface area contributed by atoms with Crippen molar-refractivity contribution >= 4 is 5.97 Å². The van der Waals surface area contributed by atoms with Gasteiger partial charge in [0.2, 0.25) is 0 Å². The van der Waals surface area contributed by atoms with E-state index >= 15 is 0 Å². The largest absolute Gasteiger partial charge is 0.462 e. The van der Waals surface area contributed by atoms with Gasteiger partial charge in [0.15, 0.2) is 0 Å². The third kappa shape index (κ3) is 0.443. The average Bonchev–Trinajstić information content (AvgIpc) is 2.38. The number of cyclic esters (lactones) is 1. The minimum absolute atomic E-state index is 0.0139. The van der Waals surface area contributed by atoms with Crippen molar-refractivity contribution in [2.45, 2.75) is 26.4 Å². The Kier molecular flexibility index (Phi) is 0.675. The second-order valence-electron chi connectivity index (χ2n) is 3.34. The summed E-state index contributed by atoms with van der Waals surface area (Å²) in [7, 11) is 0. The van der Waals surface area contributed by atoms with Gasteiger partial charge in [0.25, 0.3) is 0 Å². The van der Waals surface area contributed by atoms with E-state index in [1.807, 2.05) is 13.8 Å². The van der Waals surface area contributed by atoms with Gasteiger partial charge in [-0.15, -0.1) is 0 Å². The van der Waals surface area contributed by atoms with Crippen LogP contribution in [0.1, 0.15) is 20.3 Å². The maximum Gasteiger partial charge on any atom is 0.312 e. The van der Waals surface area contributed by atoms with Crippen molar-refractivity contribution in [2.75, 3.05) is 0 Å². The lowest BCUT2D eigenvalue weighted by atomic mass is 10.1. The zero-order chi connectivity index (χ0) is 6.65. The Balaban J connectivity index is 2.28. The lowest BCUT2D eigenvalue weighted by Gasteiger charge is -2.03. The summed E-state index contributed by atoms with van der Waals surface area (Å²) in [5, 5.41) is 0. The van der Waals surface area contributed by atoms with Crippen LogP contribution in [0.15, 0.2) is 0 Å². The van der Waals surface area contributed by atoms with Crippen molar-refractivity contribution in [3.05, 3.63) is 0 Å². The molecule has 2 fully saturated rings. The summed E-state index contributed by atoms with van der Waals surface area (Å²) in [4.78, 5) is 10.9. The summed E-state index contributed by atoms with van der Waals surface area (Å²) in [5.74, 6) is 0.546. The number of carbonyl (C=O) groups excluding carboxylic acids is 1. The van der Waals surface area contributed by atoms with E-state index in [0.29, 0.717) is 5.92 Å². The van der Waals surface area contributed by atoms with Gasteiger partial charge in [0, 0.05) is 5.92 Å². The van der Waals surface area contributed by atoms with E-state index in [2.05, 4.69) is 0 Å². The molecule has 1 saturated heterocycles. The molecule has 1 heterocycles. The first-order valence-corrected chi connectivity index (χ1v) is 3.36. The predicted molar refractivity (Wildman–Crippen MR) is 31.8 cm³/mol. The molecule has 0 N–H and O–H groups in total. The number of fused-ring (bicyclic) bond motifs is 1. The highest BCUT2D eigenvalue weighted by atomic mass is 16.6. The highest BCUT2D eigenvalue weighted by Gasteiger charge is 2.65. The Hall–Kier alpha value is -0.530. The maximum absolute atomic E-state index is 10.9. The summed E-state index contributed by atoms with van der Waals surface area (Å²) in [6.45, 7) is 3.96. The molecular weight excluding hydrogens is 116 g/mol. The van der Waals surface area contributed by atoms with Crippen LogP contribution in [0.3, 0.4) is 0 Å². The molecule has 2 unspecified atom stereocenters. The molecule has 1 saturated carbocycles. The van der Waals surface area contributed by atoms with Gasteiger partial charge in [-0.05, 0) is 20.3 Å². The Morgan fingerprint density at radius 2 is 2.44 bits per heavy atom. The number of esters is 1. The van der Waals surface area contributed by atoms with Gasteiger partial charge >= 0.3 is 5.97 Å². The molecule has 2 heteroatoms. The average molecular weight is 126 g/mol. The van der Waals surface area contributed by atoms with Crippen molar-refractivity contribution in [3.8, 4) is 0 Å². The van der Waals surface area contributed by atoms with Crippen LogP contribution in [0, 0.1) is 11.3 Å². The van der Waals surface area contributed by atoms with Crippen LogP contribution >= 0.6 is 0 Å². The van der Waals surface area contributed by atoms with Gasteiger partial charge in [-0.25, -0.2) is 0 Å². The number of hydrogen-bond acceptors (Lipinski definition) is 2. The molecule has 2 rings (SSSR count). The Morgan fingerprint density at radius 1 is 1.78 bits per heavy atom. The molecule has 0 aromatic heterocycles. The zero-order valence-electron chi connectivity index (χ0n) is 5.68. The van der Waals surface area contributed by atoms with Crippen LogP contribution in [0.4, 0.5) is 0 Å². The molecule has 1 aliphatic carbocycles. The maximum atomic E-state index is 10.9. The van der Waals surface area contributed by atoms with Gasteiger partial charge in [-0.1, -0.05) is 0 Å². The van der Waals surface area contributed by atoms with Gasteiger partial charge in [0.1, 0.15) is 6.10 Å². The second-order valence-corrected chi connectivity index (χ2v) is 3.34. The summed E-state index contributed by atoms with van der Waals surface area (Å²) in [6.07, 6.45) is 1.23. The van der Waals surface area contributed by atoms with Gasteiger partial charge in [-0.2, -0.15) is 0 Å². The highest BCUT2D eigenvalue weighted by molar-refractivity contribution is 5.83. The highest BCUT2D eigenvalue weighted by Crippen LogP contribution is 2.60. The lowest BCUT2D eigenvalue weighted by molar-refractivity contribution is -0.147. The molecule has 2 aliphatic rings. The van der Waals surface area contributed by atoms with Crippen LogP contribution in [0.5, 0.6) is 0 Å². The molecule has 0 amide bonds. The number of rotatable bonds is 0. The van der Waals surface area contributed by atoms with Crippen LogP contribution in [-0.4, -0.2) is 12.1 Å². The van der Waals surface area contributed by atoms with E-state index in [9.17, 15) is 4.79 Å². The first kappa shape index (κ1) is 5.27. The van der Waals surface area contributed by atoms with Crippen molar-refractivity contribution in [3.63, 3.8) is 0 Å². The fourth-order valence-corrected chi connectivity index (χ4v) is 1.70. The molecule has 3 atom stereocenters. The van der Waals surface area contributed by atoms with Crippen molar-refractivity contribution in [1.29, 1.82) is 0 Å². The van der Waals surface area contributed by atoms with E-state index in [0.717, 1.165) is 6.42 Å². The van der Waals surface area contributed by atoms with Gasteiger partial charge in [0.05, 0.1) is 5.41 Å². The minimum Gasteiger partial charge on any atom is -0.462 e. The Labute approximate surface area is 54.2 Å². The molecule has 0 radical (unpaired) electrons. The summed E-state index contributed by atoms with van der Waals surface area (Å²) in [5.41, 5.74) is -0.0700. The summed E-state index contributed by atoms with van der Waals surface area (Å²) in [6, 6.07) is 0. The molecular formula is C7H10O2. The number of ether oxygens (including phenoxy) is 1. The van der Waals surface area contributed by atoms with E-state index in [-0.39, 0.29) is 17.5 Å². The van der Waals surface area contributed by atoms with E-state index in [4.69, 9.17) is 4.74 Å². The molecule has 2 nitrogen and oxygen atoms in total. The van der Waals surface area contributed by atoms with Gasteiger partial charge in [-0.3, -0.25) is 4.79 Å². The normalized spacial score (nSPS) is 54.7. The standard InChI is InChI=1S/C7H10O2/c1-4-5-3-7(5,2)6(8)9-4/h4-5H,3H2,1-2H3/t4?,5?,7-/m1/s1. The van der Waals surface area contributed by atoms with Crippen LogP contribution in [0.2, 0.25) is 0 Å². The molecule has 9 heavy (non-hydrogen) atoms. The summed E-state index contributed by atoms with van der Waals surface area (Å²) >= 11 is 0. The van der Waals surface area contributed by atoms with E-state index in [1.165, 1.54) is 0 Å². The SMILES string of the molecule is CC1OC(=O)[C@]2(C)CC12. The third-order valence-electron chi connectivity index (χ3n) is 2.63. The minimum atomic E-state index is -0.0700. The Morgan fingerprint density at radius 3 is 2.56 bits per heavy atom. The molecule has 0 aromatic rings. The van der Waals surface area contributed by atoms with Crippen LogP contribution in [0.25, 0.3) is 0 Å². The zero-order valence-corrected chi connectivity index (χ0v) is 5.68. The molecule has 50 valence electrons. The molecule has 1 aliphatic heterocycles. The van der Waals surface area contributed by atoms with Crippen LogP contribution < -0.4 is 0 Å². The Bertz CT molecular complexity index is 176. The first-order valence-electron chi connectivity index (χ1n) is 3.36. The van der Waals surface area contributed by atoms with Crippen molar-refractivity contribution in [2.24, 2.45) is 11.3 Å². The number of hydrogen-bond donors (Lipinski definition) is 0. The lowest BCUT2D eigenvalue weighted by Crippen LogP contribution is -2.10. The van der Waals surface area contributed by atoms with Crippen LogP contribution in [-0.2, 0) is 9.53 Å². The monoisotopic (exact) mass is 126 g/mol. The molecule has 0 aromatic carbocycles. The van der Waals surface area contributed by atoms with E-state index < -0.39 is 0 Å².